The molecule has 0 aliphatic rings. The molecule has 0 saturated carbocycles. The van der Waals surface area contributed by atoms with E-state index in [2.05, 4.69) is 14.9 Å². The molecule has 0 aromatic carbocycles. The maximum absolute atomic E-state index is 12.0. The van der Waals surface area contributed by atoms with Crippen molar-refractivity contribution in [2.75, 3.05) is 13.7 Å². The molecule has 8 heteroatoms. The number of aromatic nitrogens is 2. The van der Waals surface area contributed by atoms with Crippen LogP contribution in [0.5, 0.6) is 0 Å². The number of aliphatic carboxylic acids is 1. The monoisotopic (exact) mass is 287 g/mol. The summed E-state index contributed by atoms with van der Waals surface area (Å²) in [6, 6.07) is 0. The van der Waals surface area contributed by atoms with Crippen LogP contribution < -0.4 is 5.32 Å². The van der Waals surface area contributed by atoms with Gasteiger partial charge in [-0.3, -0.25) is 4.79 Å². The van der Waals surface area contributed by atoms with Gasteiger partial charge >= 0.3 is 5.97 Å². The molecule has 0 aliphatic carbocycles. The molecule has 1 amide bonds. The molecule has 0 bridgehead atoms. The minimum Gasteiger partial charge on any atom is -0.479 e. The van der Waals surface area contributed by atoms with Crippen LogP contribution >= 0.6 is 11.5 Å². The molecule has 0 aliphatic heterocycles. The molecule has 0 spiro atoms. The van der Waals surface area contributed by atoms with E-state index < -0.39 is 12.1 Å². The van der Waals surface area contributed by atoms with Crippen LogP contribution in [-0.2, 0) is 14.9 Å². The molecule has 7 nitrogen and oxygen atoms in total. The predicted octanol–water partition coefficient (Wildman–Crippen LogP) is 0.665. The Bertz CT molecular complexity index is 467. The lowest BCUT2D eigenvalue weighted by atomic mass is 9.91. The van der Waals surface area contributed by atoms with Crippen LogP contribution in [0.2, 0.25) is 0 Å². The highest BCUT2D eigenvalue weighted by atomic mass is 32.1. The average molecular weight is 287 g/mol. The maximum Gasteiger partial charge on any atom is 0.334 e. The Balaban J connectivity index is 2.75. The molecule has 1 heterocycles. The van der Waals surface area contributed by atoms with Crippen LogP contribution in [0.3, 0.4) is 0 Å². The minimum atomic E-state index is -1.12. The molecule has 0 saturated heterocycles. The number of hydrogen-bond donors (Lipinski definition) is 2. The first-order chi connectivity index (χ1) is 8.77. The van der Waals surface area contributed by atoms with E-state index in [-0.39, 0.29) is 17.9 Å². The molecule has 106 valence electrons. The lowest BCUT2D eigenvalue weighted by Crippen LogP contribution is -2.38. The summed E-state index contributed by atoms with van der Waals surface area (Å²) in [7, 11) is 1.28. The van der Waals surface area contributed by atoms with E-state index in [0.717, 1.165) is 11.5 Å². The summed E-state index contributed by atoms with van der Waals surface area (Å²) >= 11 is 0.991. The summed E-state index contributed by atoms with van der Waals surface area (Å²) in [5, 5.41) is 15.3. The van der Waals surface area contributed by atoms with Crippen molar-refractivity contribution in [1.82, 2.24) is 14.9 Å². The molecular formula is C11H17N3O4S. The molecule has 19 heavy (non-hydrogen) atoms. The van der Waals surface area contributed by atoms with Crippen LogP contribution in [0.1, 0.15) is 36.1 Å². The number of rotatable bonds is 5. The normalized spacial score (nSPS) is 13.1. The second-order valence-electron chi connectivity index (χ2n) is 4.97. The maximum atomic E-state index is 12.0. The SMILES string of the molecule is COC(CNC(=O)c1snnc1C(C)(C)C)C(=O)O. The fraction of sp³-hybridized carbons (Fsp3) is 0.636. The standard InChI is InChI=1S/C11H17N3O4S/c1-11(2,3)8-7(19-14-13-8)9(15)12-5-6(18-4)10(16)17/h6H,5H2,1-4H3,(H,12,15)(H,16,17). The van der Waals surface area contributed by atoms with Crippen LogP contribution in [0.15, 0.2) is 0 Å². The van der Waals surface area contributed by atoms with Crippen LogP contribution in [0.4, 0.5) is 0 Å². The van der Waals surface area contributed by atoms with Gasteiger partial charge in [0, 0.05) is 12.5 Å². The third-order valence-corrected chi connectivity index (χ3v) is 3.14. The smallest absolute Gasteiger partial charge is 0.334 e. The van der Waals surface area contributed by atoms with Gasteiger partial charge in [-0.25, -0.2) is 4.79 Å². The highest BCUT2D eigenvalue weighted by molar-refractivity contribution is 7.08. The van der Waals surface area contributed by atoms with E-state index in [1.54, 1.807) is 0 Å². The number of nitrogens with zero attached hydrogens (tertiary/aromatic N) is 2. The Kier molecular flexibility index (Phi) is 4.96. The molecule has 1 aromatic heterocycles. The summed E-state index contributed by atoms with van der Waals surface area (Å²) in [5.74, 6) is -1.51. The van der Waals surface area contributed by atoms with E-state index in [1.807, 2.05) is 20.8 Å². The molecule has 1 unspecified atom stereocenters. The van der Waals surface area contributed by atoms with Gasteiger partial charge in [0.2, 0.25) is 0 Å². The summed E-state index contributed by atoms with van der Waals surface area (Å²) in [6.07, 6.45) is -1.07. The zero-order valence-electron chi connectivity index (χ0n) is 11.3. The second kappa shape index (κ2) is 6.07. The minimum absolute atomic E-state index is 0.105. The van der Waals surface area contributed by atoms with Gasteiger partial charge in [0.1, 0.15) is 4.88 Å². The Labute approximate surface area is 115 Å². The molecular weight excluding hydrogens is 270 g/mol. The van der Waals surface area contributed by atoms with Crippen molar-refractivity contribution >= 4 is 23.4 Å². The number of carboxylic acid groups (broad SMARTS) is 1. The Morgan fingerprint density at radius 1 is 1.47 bits per heavy atom. The van der Waals surface area contributed by atoms with Gasteiger partial charge < -0.3 is 15.2 Å². The van der Waals surface area contributed by atoms with Crippen molar-refractivity contribution in [3.05, 3.63) is 10.6 Å². The number of carbonyl (C=O) groups excluding carboxylic acids is 1. The van der Waals surface area contributed by atoms with Crippen LogP contribution in [0, 0.1) is 0 Å². The third-order valence-electron chi connectivity index (χ3n) is 2.41. The number of carboxylic acids is 1. The Hall–Kier alpha value is -1.54. The van der Waals surface area contributed by atoms with E-state index in [1.165, 1.54) is 7.11 Å². The highest BCUT2D eigenvalue weighted by Crippen LogP contribution is 2.25. The van der Waals surface area contributed by atoms with Crippen molar-refractivity contribution in [2.45, 2.75) is 32.3 Å². The lowest BCUT2D eigenvalue weighted by molar-refractivity contribution is -0.148. The van der Waals surface area contributed by atoms with Gasteiger partial charge in [-0.1, -0.05) is 25.3 Å². The van der Waals surface area contributed by atoms with Gasteiger partial charge in [-0.05, 0) is 11.5 Å². The average Bonchev–Trinajstić information content (AvgIpc) is 2.77. The first-order valence-electron chi connectivity index (χ1n) is 5.64. The number of methoxy groups -OCH3 is 1. The van der Waals surface area contributed by atoms with Crippen molar-refractivity contribution in [1.29, 1.82) is 0 Å². The van der Waals surface area contributed by atoms with Gasteiger partial charge in [0.25, 0.3) is 5.91 Å². The van der Waals surface area contributed by atoms with Crippen molar-refractivity contribution < 1.29 is 19.4 Å². The number of hydrogen-bond acceptors (Lipinski definition) is 6. The summed E-state index contributed by atoms with van der Waals surface area (Å²) in [6.45, 7) is 5.67. The Morgan fingerprint density at radius 2 is 2.11 bits per heavy atom. The van der Waals surface area contributed by atoms with Gasteiger partial charge in [0.15, 0.2) is 6.10 Å². The lowest BCUT2D eigenvalue weighted by Gasteiger charge is -2.16. The molecule has 0 radical (unpaired) electrons. The second-order valence-corrected chi connectivity index (χ2v) is 5.73. The van der Waals surface area contributed by atoms with Crippen molar-refractivity contribution in [2.24, 2.45) is 0 Å². The fourth-order valence-electron chi connectivity index (χ4n) is 1.37. The molecule has 1 atom stereocenters. The number of nitrogens with one attached hydrogen (secondary N) is 1. The predicted molar refractivity (Wildman–Crippen MR) is 69.4 cm³/mol. The number of carbonyl (C=O) groups is 2. The van der Waals surface area contributed by atoms with Crippen LogP contribution in [0.25, 0.3) is 0 Å². The van der Waals surface area contributed by atoms with E-state index >= 15 is 0 Å². The van der Waals surface area contributed by atoms with Gasteiger partial charge in [-0.2, -0.15) is 0 Å². The molecule has 2 N–H and O–H groups in total. The number of amides is 1. The zero-order chi connectivity index (χ0) is 14.6. The van der Waals surface area contributed by atoms with E-state index in [0.29, 0.717) is 10.6 Å². The quantitative estimate of drug-likeness (QED) is 0.825. The van der Waals surface area contributed by atoms with Gasteiger partial charge in [0.05, 0.1) is 12.2 Å². The summed E-state index contributed by atoms with van der Waals surface area (Å²) in [4.78, 5) is 23.1. The highest BCUT2D eigenvalue weighted by Gasteiger charge is 2.27. The first-order valence-corrected chi connectivity index (χ1v) is 6.41. The molecule has 1 rings (SSSR count). The van der Waals surface area contributed by atoms with Crippen molar-refractivity contribution in [3.8, 4) is 0 Å². The first kappa shape index (κ1) is 15.5. The summed E-state index contributed by atoms with van der Waals surface area (Å²) in [5.41, 5.74) is 0.298. The number of ether oxygens (including phenoxy) is 1. The largest absolute Gasteiger partial charge is 0.479 e. The van der Waals surface area contributed by atoms with E-state index in [9.17, 15) is 9.59 Å². The Morgan fingerprint density at radius 3 is 2.58 bits per heavy atom. The third kappa shape index (κ3) is 3.97. The van der Waals surface area contributed by atoms with Crippen LogP contribution in [-0.4, -0.2) is 46.3 Å². The molecule has 1 aromatic rings. The van der Waals surface area contributed by atoms with Crippen molar-refractivity contribution in [3.63, 3.8) is 0 Å². The molecule has 0 fully saturated rings. The van der Waals surface area contributed by atoms with Gasteiger partial charge in [-0.15, -0.1) is 5.10 Å². The zero-order valence-corrected chi connectivity index (χ0v) is 12.1. The topological polar surface area (TPSA) is 101 Å². The van der Waals surface area contributed by atoms with E-state index in [4.69, 9.17) is 9.84 Å². The summed E-state index contributed by atoms with van der Waals surface area (Å²) < 4.78 is 8.51. The fourth-order valence-corrected chi connectivity index (χ4v) is 2.16.